The average molecular weight is 309 g/mol. The molecule has 0 bridgehead atoms. The second-order valence-corrected chi connectivity index (χ2v) is 5.08. The topological polar surface area (TPSA) is 74.0 Å². The first-order chi connectivity index (χ1) is 9.52. The van der Waals surface area contributed by atoms with Crippen LogP contribution in [0.5, 0.6) is 0 Å². The summed E-state index contributed by atoms with van der Waals surface area (Å²) >= 11 is 7.06. The van der Waals surface area contributed by atoms with E-state index < -0.39 is 17.3 Å². The van der Waals surface area contributed by atoms with Crippen LogP contribution in [0.15, 0.2) is 40.4 Å². The number of benzene rings is 1. The van der Waals surface area contributed by atoms with Crippen LogP contribution in [0.2, 0.25) is 5.02 Å². The van der Waals surface area contributed by atoms with E-state index in [1.54, 1.807) is 0 Å². The molecule has 2 rings (SSSR count). The van der Waals surface area contributed by atoms with Gasteiger partial charge in [0.05, 0.1) is 16.1 Å². The Morgan fingerprint density at radius 1 is 1.45 bits per heavy atom. The van der Waals surface area contributed by atoms with Crippen molar-refractivity contribution in [3.05, 3.63) is 52.4 Å². The molecule has 1 N–H and O–H groups in total. The first-order valence-electron chi connectivity index (χ1n) is 5.28. The Labute approximate surface area is 122 Å². The fourth-order valence-electron chi connectivity index (χ4n) is 1.43. The van der Waals surface area contributed by atoms with Gasteiger partial charge in [0.25, 0.3) is 0 Å². The van der Waals surface area contributed by atoms with Gasteiger partial charge >= 0.3 is 5.97 Å². The number of rotatable bonds is 3. The standard InChI is InChI=1S/C13H6ClFN2O2S/c14-11-7(6-16)3-4-17-12(11)20-8-1-2-10(15)9(5-8)13(18)19/h1-5H,(H,18,19). The van der Waals surface area contributed by atoms with Gasteiger partial charge in [0, 0.05) is 11.1 Å². The quantitative estimate of drug-likeness (QED) is 0.937. The number of aromatic nitrogens is 1. The fraction of sp³-hybridized carbons (Fsp3) is 0. The van der Waals surface area contributed by atoms with Crippen molar-refractivity contribution in [1.29, 1.82) is 5.26 Å². The second kappa shape index (κ2) is 5.90. The van der Waals surface area contributed by atoms with E-state index in [1.807, 2.05) is 6.07 Å². The van der Waals surface area contributed by atoms with Gasteiger partial charge in [-0.05, 0) is 24.3 Å². The first-order valence-corrected chi connectivity index (χ1v) is 6.47. The van der Waals surface area contributed by atoms with Gasteiger partial charge in [-0.3, -0.25) is 0 Å². The van der Waals surface area contributed by atoms with Gasteiger partial charge in [-0.2, -0.15) is 5.26 Å². The predicted octanol–water partition coefficient (Wildman–Crippen LogP) is 3.60. The highest BCUT2D eigenvalue weighted by molar-refractivity contribution is 7.99. The Kier molecular flexibility index (Phi) is 4.23. The Bertz CT molecular complexity index is 731. The number of pyridine rings is 1. The summed E-state index contributed by atoms with van der Waals surface area (Å²) in [5.41, 5.74) is -0.160. The smallest absolute Gasteiger partial charge is 0.338 e. The largest absolute Gasteiger partial charge is 0.478 e. The zero-order valence-corrected chi connectivity index (χ0v) is 11.4. The van der Waals surface area contributed by atoms with Crippen molar-refractivity contribution in [3.8, 4) is 6.07 Å². The van der Waals surface area contributed by atoms with Crippen LogP contribution >= 0.6 is 23.4 Å². The molecule has 0 aliphatic heterocycles. The third kappa shape index (κ3) is 2.90. The number of nitriles is 1. The molecule has 1 aromatic heterocycles. The molecule has 0 aliphatic rings. The lowest BCUT2D eigenvalue weighted by atomic mass is 10.2. The lowest BCUT2D eigenvalue weighted by Gasteiger charge is -2.05. The maximum absolute atomic E-state index is 13.3. The van der Waals surface area contributed by atoms with Crippen LogP contribution in [0.3, 0.4) is 0 Å². The maximum atomic E-state index is 13.3. The molecular formula is C13H6ClFN2O2S. The van der Waals surface area contributed by atoms with E-state index in [1.165, 1.54) is 24.4 Å². The number of hydrogen-bond acceptors (Lipinski definition) is 4. The molecule has 0 aliphatic carbocycles. The Balaban J connectivity index is 2.39. The van der Waals surface area contributed by atoms with Gasteiger partial charge < -0.3 is 5.11 Å². The van der Waals surface area contributed by atoms with E-state index in [9.17, 15) is 9.18 Å². The molecule has 100 valence electrons. The minimum absolute atomic E-state index is 0.182. The fourth-order valence-corrected chi connectivity index (χ4v) is 2.54. The van der Waals surface area contributed by atoms with Crippen molar-refractivity contribution in [3.63, 3.8) is 0 Å². The van der Waals surface area contributed by atoms with Gasteiger partial charge in [0.1, 0.15) is 16.9 Å². The highest BCUT2D eigenvalue weighted by atomic mass is 35.5. The maximum Gasteiger partial charge on any atom is 0.338 e. The van der Waals surface area contributed by atoms with Gasteiger partial charge in [-0.15, -0.1) is 0 Å². The molecule has 0 saturated heterocycles. The molecule has 0 unspecified atom stereocenters. The first kappa shape index (κ1) is 14.3. The summed E-state index contributed by atoms with van der Waals surface area (Å²) in [6.07, 6.45) is 1.42. The van der Waals surface area contributed by atoms with Crippen molar-refractivity contribution in [2.75, 3.05) is 0 Å². The van der Waals surface area contributed by atoms with E-state index in [0.717, 1.165) is 17.8 Å². The predicted molar refractivity (Wildman–Crippen MR) is 71.4 cm³/mol. The second-order valence-electron chi connectivity index (χ2n) is 3.64. The molecular weight excluding hydrogens is 303 g/mol. The van der Waals surface area contributed by atoms with Crippen LogP contribution in [0.1, 0.15) is 15.9 Å². The van der Waals surface area contributed by atoms with Crippen LogP contribution in [-0.4, -0.2) is 16.1 Å². The highest BCUT2D eigenvalue weighted by Gasteiger charge is 2.13. The number of carboxylic acids is 1. The van der Waals surface area contributed by atoms with Crippen LogP contribution in [0.4, 0.5) is 4.39 Å². The summed E-state index contributed by atoms with van der Waals surface area (Å²) in [5, 5.41) is 18.3. The summed E-state index contributed by atoms with van der Waals surface area (Å²) in [4.78, 5) is 15.3. The van der Waals surface area contributed by atoms with Crippen LogP contribution in [0, 0.1) is 17.1 Å². The van der Waals surface area contributed by atoms with Crippen LogP contribution in [-0.2, 0) is 0 Å². The molecule has 1 heterocycles. The zero-order valence-electron chi connectivity index (χ0n) is 9.80. The van der Waals surface area contributed by atoms with Crippen molar-refractivity contribution in [1.82, 2.24) is 4.98 Å². The van der Waals surface area contributed by atoms with E-state index >= 15 is 0 Å². The number of aromatic carboxylic acids is 1. The van der Waals surface area contributed by atoms with Gasteiger partial charge in [-0.1, -0.05) is 23.4 Å². The number of carbonyl (C=O) groups is 1. The molecule has 0 spiro atoms. The number of carboxylic acid groups (broad SMARTS) is 1. The van der Waals surface area contributed by atoms with Crippen LogP contribution < -0.4 is 0 Å². The summed E-state index contributed by atoms with van der Waals surface area (Å²) in [7, 11) is 0. The Morgan fingerprint density at radius 3 is 2.85 bits per heavy atom. The molecule has 1 aromatic carbocycles. The van der Waals surface area contributed by atoms with Crippen LogP contribution in [0.25, 0.3) is 0 Å². The van der Waals surface area contributed by atoms with Gasteiger partial charge in [-0.25, -0.2) is 14.2 Å². The monoisotopic (exact) mass is 308 g/mol. The van der Waals surface area contributed by atoms with Crippen molar-refractivity contribution < 1.29 is 14.3 Å². The zero-order chi connectivity index (χ0) is 14.7. The molecule has 0 fully saturated rings. The lowest BCUT2D eigenvalue weighted by Crippen LogP contribution is -2.00. The third-order valence-electron chi connectivity index (χ3n) is 2.36. The molecule has 7 heteroatoms. The Hall–Kier alpha value is -2.10. The molecule has 4 nitrogen and oxygen atoms in total. The molecule has 0 radical (unpaired) electrons. The molecule has 20 heavy (non-hydrogen) atoms. The van der Waals surface area contributed by atoms with Crippen molar-refractivity contribution >= 4 is 29.3 Å². The average Bonchev–Trinajstić information content (AvgIpc) is 2.43. The van der Waals surface area contributed by atoms with Gasteiger partial charge in [0.2, 0.25) is 0 Å². The normalized spacial score (nSPS) is 10.1. The van der Waals surface area contributed by atoms with Crippen molar-refractivity contribution in [2.45, 2.75) is 9.92 Å². The number of halogens is 2. The Morgan fingerprint density at radius 2 is 2.20 bits per heavy atom. The molecule has 0 saturated carbocycles. The minimum Gasteiger partial charge on any atom is -0.478 e. The molecule has 0 amide bonds. The van der Waals surface area contributed by atoms with E-state index in [-0.39, 0.29) is 10.6 Å². The summed E-state index contributed by atoms with van der Waals surface area (Å²) in [5.74, 6) is -2.17. The van der Waals surface area contributed by atoms with Gasteiger partial charge in [0.15, 0.2) is 0 Å². The summed E-state index contributed by atoms with van der Waals surface area (Å²) in [6.45, 7) is 0. The third-order valence-corrected chi connectivity index (χ3v) is 3.85. The van der Waals surface area contributed by atoms with E-state index in [0.29, 0.717) is 9.92 Å². The number of nitrogens with zero attached hydrogens (tertiary/aromatic N) is 2. The van der Waals surface area contributed by atoms with E-state index in [2.05, 4.69) is 4.98 Å². The molecule has 0 atom stereocenters. The summed E-state index contributed by atoms with van der Waals surface area (Å²) < 4.78 is 13.3. The molecule has 2 aromatic rings. The highest BCUT2D eigenvalue weighted by Crippen LogP contribution is 2.33. The van der Waals surface area contributed by atoms with E-state index in [4.69, 9.17) is 22.0 Å². The summed E-state index contributed by atoms with van der Waals surface area (Å²) in [6, 6.07) is 7.07. The number of hydrogen-bond donors (Lipinski definition) is 1. The lowest BCUT2D eigenvalue weighted by molar-refractivity contribution is 0.0691. The SMILES string of the molecule is N#Cc1ccnc(Sc2ccc(F)c(C(=O)O)c2)c1Cl. The van der Waals surface area contributed by atoms with Crippen molar-refractivity contribution in [2.24, 2.45) is 0 Å². The minimum atomic E-state index is -1.35.